The first-order valence-electron chi connectivity index (χ1n) is 8.42. The molecule has 0 fully saturated rings. The Morgan fingerprint density at radius 2 is 1.93 bits per heavy atom. The van der Waals surface area contributed by atoms with Crippen LogP contribution in [0, 0.1) is 21.7 Å². The van der Waals surface area contributed by atoms with E-state index in [4.69, 9.17) is 0 Å². The lowest BCUT2D eigenvalue weighted by atomic mass is 10.0. The van der Waals surface area contributed by atoms with E-state index in [-0.39, 0.29) is 16.8 Å². The van der Waals surface area contributed by atoms with Gasteiger partial charge < -0.3 is 10.6 Å². The van der Waals surface area contributed by atoms with Crippen LogP contribution in [0.25, 0.3) is 5.69 Å². The van der Waals surface area contributed by atoms with E-state index >= 15 is 0 Å². The number of aromatic nitrogens is 3. The van der Waals surface area contributed by atoms with Gasteiger partial charge in [-0.1, -0.05) is 6.07 Å². The molecule has 0 bridgehead atoms. The molecule has 0 aliphatic heterocycles. The number of rotatable bonds is 6. The van der Waals surface area contributed by atoms with E-state index in [1.807, 2.05) is 0 Å². The van der Waals surface area contributed by atoms with Crippen molar-refractivity contribution in [2.75, 3.05) is 7.05 Å². The third-order valence-electron chi connectivity index (χ3n) is 4.16. The predicted octanol–water partition coefficient (Wildman–Crippen LogP) is 1.67. The summed E-state index contributed by atoms with van der Waals surface area (Å²) in [5, 5.41) is 19.9. The Balaban J connectivity index is 1.94. The van der Waals surface area contributed by atoms with Crippen LogP contribution in [-0.4, -0.2) is 38.5 Å². The summed E-state index contributed by atoms with van der Waals surface area (Å²) in [6.07, 6.45) is 2.45. The number of nitro benzene ring substituents is 1. The summed E-state index contributed by atoms with van der Waals surface area (Å²) < 4.78 is 28.0. The van der Waals surface area contributed by atoms with Crippen LogP contribution < -0.4 is 10.6 Å². The molecule has 30 heavy (non-hydrogen) atoms. The summed E-state index contributed by atoms with van der Waals surface area (Å²) >= 11 is 0. The standard InChI is InChI=1S/C18H14F2N6O4/c1-21-18(28)16(10-2-4-12(19)13(20)6-10)24-17(27)11-3-5-14(15(7-11)26(29)30)25-9-22-8-23-25/h2-9,16H,1H3,(H,21,28)(H,24,27). The lowest BCUT2D eigenvalue weighted by Gasteiger charge is -2.18. The molecule has 1 heterocycles. The molecule has 0 saturated carbocycles. The number of benzene rings is 2. The lowest BCUT2D eigenvalue weighted by Crippen LogP contribution is -2.39. The van der Waals surface area contributed by atoms with Gasteiger partial charge >= 0.3 is 0 Å². The molecule has 0 aliphatic carbocycles. The van der Waals surface area contributed by atoms with E-state index in [2.05, 4.69) is 20.7 Å². The fourth-order valence-electron chi connectivity index (χ4n) is 2.69. The van der Waals surface area contributed by atoms with Crippen LogP contribution in [0.15, 0.2) is 49.1 Å². The number of carbonyl (C=O) groups excluding carboxylic acids is 2. The van der Waals surface area contributed by atoms with Gasteiger partial charge in [0.2, 0.25) is 5.91 Å². The topological polar surface area (TPSA) is 132 Å². The zero-order valence-corrected chi connectivity index (χ0v) is 15.4. The molecule has 1 aromatic heterocycles. The minimum absolute atomic E-state index is 0.00432. The number of hydrogen-bond acceptors (Lipinski definition) is 6. The monoisotopic (exact) mass is 416 g/mol. The van der Waals surface area contributed by atoms with Crippen LogP contribution in [0.4, 0.5) is 14.5 Å². The first-order valence-corrected chi connectivity index (χ1v) is 8.42. The van der Waals surface area contributed by atoms with Crippen molar-refractivity contribution in [1.82, 2.24) is 25.4 Å². The molecule has 0 spiro atoms. The molecule has 2 aromatic carbocycles. The molecular weight excluding hydrogens is 402 g/mol. The van der Waals surface area contributed by atoms with Crippen molar-refractivity contribution < 1.29 is 23.3 Å². The van der Waals surface area contributed by atoms with Crippen LogP contribution in [0.3, 0.4) is 0 Å². The number of likely N-dealkylation sites (N-methyl/N-ethyl adjacent to an activating group) is 1. The van der Waals surface area contributed by atoms with Gasteiger partial charge in [0, 0.05) is 18.7 Å². The van der Waals surface area contributed by atoms with E-state index in [0.29, 0.717) is 0 Å². The van der Waals surface area contributed by atoms with E-state index in [1.54, 1.807) is 0 Å². The van der Waals surface area contributed by atoms with Crippen molar-refractivity contribution in [2.45, 2.75) is 6.04 Å². The van der Waals surface area contributed by atoms with E-state index in [0.717, 1.165) is 28.9 Å². The quantitative estimate of drug-likeness (QED) is 0.464. The maximum Gasteiger partial charge on any atom is 0.295 e. The van der Waals surface area contributed by atoms with Gasteiger partial charge in [-0.25, -0.2) is 18.4 Å². The zero-order chi connectivity index (χ0) is 21.8. The Labute approximate surface area is 167 Å². The zero-order valence-electron chi connectivity index (χ0n) is 15.4. The van der Waals surface area contributed by atoms with Gasteiger partial charge in [-0.15, -0.1) is 0 Å². The second-order valence-corrected chi connectivity index (χ2v) is 5.99. The Morgan fingerprint density at radius 3 is 2.53 bits per heavy atom. The number of nitrogens with one attached hydrogen (secondary N) is 2. The van der Waals surface area contributed by atoms with E-state index < -0.39 is 40.1 Å². The van der Waals surface area contributed by atoms with Gasteiger partial charge in [-0.05, 0) is 29.8 Å². The number of nitrogens with zero attached hydrogens (tertiary/aromatic N) is 4. The minimum Gasteiger partial charge on any atom is -0.357 e. The van der Waals surface area contributed by atoms with Crippen LogP contribution in [0.1, 0.15) is 22.0 Å². The molecule has 154 valence electrons. The molecule has 0 saturated heterocycles. The number of hydrogen-bond donors (Lipinski definition) is 2. The van der Waals surface area contributed by atoms with Gasteiger partial charge in [0.05, 0.1) is 4.92 Å². The number of carbonyl (C=O) groups is 2. The third-order valence-corrected chi connectivity index (χ3v) is 4.16. The highest BCUT2D eigenvalue weighted by Gasteiger charge is 2.25. The molecule has 0 aliphatic rings. The van der Waals surface area contributed by atoms with Crippen LogP contribution in [-0.2, 0) is 4.79 Å². The highest BCUT2D eigenvalue weighted by molar-refractivity contribution is 5.98. The van der Waals surface area contributed by atoms with Crippen molar-refractivity contribution in [3.63, 3.8) is 0 Å². The second-order valence-electron chi connectivity index (χ2n) is 5.99. The molecule has 2 amide bonds. The minimum atomic E-state index is -1.35. The number of amides is 2. The van der Waals surface area contributed by atoms with Crippen molar-refractivity contribution >= 4 is 17.5 Å². The summed E-state index contributed by atoms with van der Waals surface area (Å²) in [4.78, 5) is 39.3. The van der Waals surface area contributed by atoms with Crippen molar-refractivity contribution in [2.24, 2.45) is 0 Å². The molecule has 10 nitrogen and oxygen atoms in total. The smallest absolute Gasteiger partial charge is 0.295 e. The number of halogens is 2. The van der Waals surface area contributed by atoms with Crippen molar-refractivity contribution in [1.29, 1.82) is 0 Å². The number of nitro groups is 1. The summed E-state index contributed by atoms with van der Waals surface area (Å²) in [6.45, 7) is 0. The van der Waals surface area contributed by atoms with Gasteiger partial charge in [-0.3, -0.25) is 19.7 Å². The lowest BCUT2D eigenvalue weighted by molar-refractivity contribution is -0.384. The van der Waals surface area contributed by atoms with Crippen LogP contribution in [0.5, 0.6) is 0 Å². The molecule has 3 rings (SSSR count). The van der Waals surface area contributed by atoms with Crippen LogP contribution in [0.2, 0.25) is 0 Å². The molecule has 1 atom stereocenters. The van der Waals surface area contributed by atoms with Gasteiger partial charge in [0.25, 0.3) is 11.6 Å². The Morgan fingerprint density at radius 1 is 1.17 bits per heavy atom. The highest BCUT2D eigenvalue weighted by atomic mass is 19.2. The Bertz CT molecular complexity index is 1120. The summed E-state index contributed by atoms with van der Waals surface area (Å²) in [6, 6.07) is 5.01. The first-order chi connectivity index (χ1) is 14.3. The maximum atomic E-state index is 13.6. The summed E-state index contributed by atoms with van der Waals surface area (Å²) in [5.41, 5.74) is -0.465. The van der Waals surface area contributed by atoms with Crippen molar-refractivity contribution in [3.05, 3.63) is 81.9 Å². The van der Waals surface area contributed by atoms with E-state index in [9.17, 15) is 28.5 Å². The predicted molar refractivity (Wildman–Crippen MR) is 98.6 cm³/mol. The van der Waals surface area contributed by atoms with Crippen LogP contribution >= 0.6 is 0 Å². The maximum absolute atomic E-state index is 13.6. The molecule has 3 aromatic rings. The molecular formula is C18H14F2N6O4. The average molecular weight is 416 g/mol. The largest absolute Gasteiger partial charge is 0.357 e. The fraction of sp³-hybridized carbons (Fsp3) is 0.111. The normalized spacial score (nSPS) is 11.6. The van der Waals surface area contributed by atoms with Gasteiger partial charge in [0.15, 0.2) is 11.6 Å². The first kappa shape index (κ1) is 20.5. The third kappa shape index (κ3) is 4.11. The van der Waals surface area contributed by atoms with Gasteiger partial charge in [0.1, 0.15) is 24.4 Å². The molecule has 12 heteroatoms. The van der Waals surface area contributed by atoms with Crippen molar-refractivity contribution in [3.8, 4) is 5.69 Å². The fourth-order valence-corrected chi connectivity index (χ4v) is 2.69. The highest BCUT2D eigenvalue weighted by Crippen LogP contribution is 2.24. The molecule has 0 radical (unpaired) electrons. The SMILES string of the molecule is CNC(=O)C(NC(=O)c1ccc(-n2cncn2)c([N+](=O)[O-])c1)c1ccc(F)c(F)c1. The summed E-state index contributed by atoms with van der Waals surface area (Å²) in [5.74, 6) is -3.83. The van der Waals surface area contributed by atoms with Gasteiger partial charge in [-0.2, -0.15) is 5.10 Å². The second kappa shape index (κ2) is 8.43. The molecule has 2 N–H and O–H groups in total. The Kier molecular flexibility index (Phi) is 5.76. The summed E-state index contributed by atoms with van der Waals surface area (Å²) in [7, 11) is 1.30. The molecule has 1 unspecified atom stereocenters. The van der Waals surface area contributed by atoms with E-state index in [1.165, 1.54) is 31.8 Å². The Hall–Kier alpha value is -4.22. The average Bonchev–Trinajstić information content (AvgIpc) is 3.27.